The molecule has 3 rings (SSSR count). The summed E-state index contributed by atoms with van der Waals surface area (Å²) in [5.74, 6) is -1.45. The molecule has 0 radical (unpaired) electrons. The third-order valence-electron chi connectivity index (χ3n) is 5.10. The minimum absolute atomic E-state index is 0.0875. The van der Waals surface area contributed by atoms with Gasteiger partial charge >= 0.3 is 12.0 Å². The number of carboxylic acids is 1. The molecule has 2 heterocycles. The number of nitrogens with zero attached hydrogens (tertiary/aromatic N) is 2. The maximum atomic E-state index is 12.6. The number of benzene rings is 1. The molecule has 0 saturated carbocycles. The predicted octanol–water partition coefficient (Wildman–Crippen LogP) is 1.72. The zero-order chi connectivity index (χ0) is 18.7. The van der Waals surface area contributed by atoms with E-state index >= 15 is 0 Å². The van der Waals surface area contributed by atoms with Crippen LogP contribution < -0.4 is 10.2 Å². The number of aliphatic carboxylic acids is 1. The molecule has 7 nitrogen and oxygen atoms in total. The number of anilines is 1. The van der Waals surface area contributed by atoms with E-state index in [0.29, 0.717) is 19.5 Å². The van der Waals surface area contributed by atoms with Gasteiger partial charge in [-0.25, -0.2) is 4.79 Å². The van der Waals surface area contributed by atoms with Gasteiger partial charge in [0.15, 0.2) is 0 Å². The van der Waals surface area contributed by atoms with E-state index in [2.05, 4.69) is 5.32 Å². The van der Waals surface area contributed by atoms with Gasteiger partial charge < -0.3 is 20.2 Å². The number of carbonyl (C=O) groups is 3. The summed E-state index contributed by atoms with van der Waals surface area (Å²) in [5.41, 5.74) is 2.06. The van der Waals surface area contributed by atoms with Gasteiger partial charge in [-0.15, -0.1) is 0 Å². The molecule has 2 unspecified atom stereocenters. The van der Waals surface area contributed by atoms with Gasteiger partial charge in [0, 0.05) is 25.3 Å². The Morgan fingerprint density at radius 1 is 1.23 bits per heavy atom. The Morgan fingerprint density at radius 3 is 2.77 bits per heavy atom. The van der Waals surface area contributed by atoms with Crippen molar-refractivity contribution in [1.82, 2.24) is 10.2 Å². The highest BCUT2D eigenvalue weighted by Gasteiger charge is 2.32. The third-order valence-corrected chi connectivity index (χ3v) is 5.10. The predicted molar refractivity (Wildman–Crippen MR) is 97.0 cm³/mol. The number of carbonyl (C=O) groups excluding carboxylic acids is 2. The molecule has 2 N–H and O–H groups in total. The number of likely N-dealkylation sites (tertiary alicyclic amines) is 1. The standard InChI is InChI=1S/C19H25N3O4/c1-13-9-15(18(24)25)12-21(11-13)19(26)20-10-17(23)22-8-4-6-14-5-2-3-7-16(14)22/h2-3,5,7,13,15H,4,6,8-12H2,1H3,(H,20,26)(H,24,25). The van der Waals surface area contributed by atoms with Crippen LogP contribution in [-0.2, 0) is 16.0 Å². The Kier molecular flexibility index (Phi) is 5.44. The third kappa shape index (κ3) is 3.98. The van der Waals surface area contributed by atoms with Crippen LogP contribution in [0.4, 0.5) is 10.5 Å². The van der Waals surface area contributed by atoms with E-state index in [1.54, 1.807) is 4.90 Å². The van der Waals surface area contributed by atoms with Gasteiger partial charge in [0.25, 0.3) is 0 Å². The summed E-state index contributed by atoms with van der Waals surface area (Å²) < 4.78 is 0. The molecule has 0 aromatic heterocycles. The molecule has 140 valence electrons. The van der Waals surface area contributed by atoms with Gasteiger partial charge in [-0.05, 0) is 36.8 Å². The monoisotopic (exact) mass is 359 g/mol. The highest BCUT2D eigenvalue weighted by Crippen LogP contribution is 2.26. The lowest BCUT2D eigenvalue weighted by atomic mass is 9.91. The Bertz CT molecular complexity index is 706. The fourth-order valence-corrected chi connectivity index (χ4v) is 3.85. The van der Waals surface area contributed by atoms with Crippen LogP contribution in [-0.4, -0.2) is 54.1 Å². The van der Waals surface area contributed by atoms with Crippen molar-refractivity contribution in [2.75, 3.05) is 31.1 Å². The maximum Gasteiger partial charge on any atom is 0.317 e. The fourth-order valence-electron chi connectivity index (χ4n) is 3.85. The van der Waals surface area contributed by atoms with Gasteiger partial charge in [0.2, 0.25) is 5.91 Å². The molecule has 1 fully saturated rings. The average molecular weight is 359 g/mol. The second-order valence-electron chi connectivity index (χ2n) is 7.22. The molecule has 2 aliphatic rings. The molecule has 2 aliphatic heterocycles. The van der Waals surface area contributed by atoms with Crippen molar-refractivity contribution in [3.8, 4) is 0 Å². The van der Waals surface area contributed by atoms with Gasteiger partial charge in [-0.1, -0.05) is 25.1 Å². The second-order valence-corrected chi connectivity index (χ2v) is 7.22. The Balaban J connectivity index is 1.58. The number of hydrogen-bond donors (Lipinski definition) is 2. The van der Waals surface area contributed by atoms with Gasteiger partial charge in [-0.3, -0.25) is 9.59 Å². The Morgan fingerprint density at radius 2 is 2.00 bits per heavy atom. The molecular weight excluding hydrogens is 334 g/mol. The molecular formula is C19H25N3O4. The SMILES string of the molecule is CC1CC(C(=O)O)CN(C(=O)NCC(=O)N2CCCc3ccccc32)C1. The van der Waals surface area contributed by atoms with E-state index in [9.17, 15) is 19.5 Å². The first kappa shape index (κ1) is 18.2. The molecule has 0 aliphatic carbocycles. The van der Waals surface area contributed by atoms with Crippen molar-refractivity contribution in [1.29, 1.82) is 0 Å². The summed E-state index contributed by atoms with van der Waals surface area (Å²) in [5, 5.41) is 11.9. The van der Waals surface area contributed by atoms with Crippen molar-refractivity contribution in [2.24, 2.45) is 11.8 Å². The van der Waals surface area contributed by atoms with Crippen LogP contribution in [0.2, 0.25) is 0 Å². The lowest BCUT2D eigenvalue weighted by Crippen LogP contribution is -2.51. The van der Waals surface area contributed by atoms with Crippen LogP contribution in [0.3, 0.4) is 0 Å². The summed E-state index contributed by atoms with van der Waals surface area (Å²) >= 11 is 0. The van der Waals surface area contributed by atoms with Crippen LogP contribution >= 0.6 is 0 Å². The largest absolute Gasteiger partial charge is 0.481 e. The summed E-state index contributed by atoms with van der Waals surface area (Å²) in [4.78, 5) is 39.4. The highest BCUT2D eigenvalue weighted by atomic mass is 16.4. The molecule has 1 aromatic carbocycles. The number of aryl methyl sites for hydroxylation is 1. The average Bonchev–Trinajstić information content (AvgIpc) is 2.64. The van der Waals surface area contributed by atoms with Crippen LogP contribution in [0, 0.1) is 11.8 Å². The Hall–Kier alpha value is -2.57. The summed E-state index contributed by atoms with van der Waals surface area (Å²) in [7, 11) is 0. The summed E-state index contributed by atoms with van der Waals surface area (Å²) in [6, 6.07) is 7.45. The number of nitrogens with one attached hydrogen (secondary N) is 1. The molecule has 3 amide bonds. The number of hydrogen-bond acceptors (Lipinski definition) is 3. The summed E-state index contributed by atoms with van der Waals surface area (Å²) in [6.45, 7) is 3.19. The normalized spacial score (nSPS) is 22.5. The molecule has 26 heavy (non-hydrogen) atoms. The van der Waals surface area contributed by atoms with E-state index in [1.807, 2.05) is 31.2 Å². The molecule has 7 heteroatoms. The first-order chi connectivity index (χ1) is 12.5. The molecule has 1 aromatic rings. The van der Waals surface area contributed by atoms with Crippen molar-refractivity contribution < 1.29 is 19.5 Å². The number of urea groups is 1. The number of fused-ring (bicyclic) bond motifs is 1. The smallest absolute Gasteiger partial charge is 0.317 e. The first-order valence-corrected chi connectivity index (χ1v) is 9.09. The van der Waals surface area contributed by atoms with Crippen molar-refractivity contribution >= 4 is 23.6 Å². The van der Waals surface area contributed by atoms with E-state index in [4.69, 9.17) is 0 Å². The van der Waals surface area contributed by atoms with Gasteiger partial charge in [0.1, 0.15) is 0 Å². The zero-order valence-corrected chi connectivity index (χ0v) is 15.0. The number of carboxylic acid groups (broad SMARTS) is 1. The van der Waals surface area contributed by atoms with Gasteiger partial charge in [-0.2, -0.15) is 0 Å². The number of para-hydroxylation sites is 1. The maximum absolute atomic E-state index is 12.6. The molecule has 1 saturated heterocycles. The Labute approximate surface area is 153 Å². The van der Waals surface area contributed by atoms with Crippen LogP contribution in [0.5, 0.6) is 0 Å². The lowest BCUT2D eigenvalue weighted by Gasteiger charge is -2.35. The van der Waals surface area contributed by atoms with Crippen LogP contribution in [0.25, 0.3) is 0 Å². The zero-order valence-electron chi connectivity index (χ0n) is 15.0. The van der Waals surface area contributed by atoms with E-state index < -0.39 is 11.9 Å². The highest BCUT2D eigenvalue weighted by molar-refractivity contribution is 5.97. The van der Waals surface area contributed by atoms with E-state index in [1.165, 1.54) is 4.90 Å². The van der Waals surface area contributed by atoms with Crippen molar-refractivity contribution in [3.63, 3.8) is 0 Å². The van der Waals surface area contributed by atoms with Crippen molar-refractivity contribution in [2.45, 2.75) is 26.2 Å². The van der Waals surface area contributed by atoms with Crippen LogP contribution in [0.15, 0.2) is 24.3 Å². The summed E-state index contributed by atoms with van der Waals surface area (Å²) in [6.07, 6.45) is 2.43. The molecule has 0 spiro atoms. The lowest BCUT2D eigenvalue weighted by molar-refractivity contribution is -0.143. The fraction of sp³-hybridized carbons (Fsp3) is 0.526. The number of piperidine rings is 1. The number of rotatable bonds is 3. The minimum Gasteiger partial charge on any atom is -0.481 e. The van der Waals surface area contributed by atoms with E-state index in [-0.39, 0.29) is 30.9 Å². The minimum atomic E-state index is -0.879. The second kappa shape index (κ2) is 7.76. The first-order valence-electron chi connectivity index (χ1n) is 9.09. The molecule has 2 atom stereocenters. The molecule has 0 bridgehead atoms. The van der Waals surface area contributed by atoms with Crippen LogP contribution in [0.1, 0.15) is 25.3 Å². The number of amides is 3. The quantitative estimate of drug-likeness (QED) is 0.860. The van der Waals surface area contributed by atoms with Crippen molar-refractivity contribution in [3.05, 3.63) is 29.8 Å². The van der Waals surface area contributed by atoms with Gasteiger partial charge in [0.05, 0.1) is 12.5 Å². The van der Waals surface area contributed by atoms with E-state index in [0.717, 1.165) is 24.1 Å². The topological polar surface area (TPSA) is 90.0 Å².